The molecule has 1 heterocycles. The van der Waals surface area contributed by atoms with E-state index in [4.69, 9.17) is 0 Å². The van der Waals surface area contributed by atoms with E-state index in [1.165, 1.54) is 12.0 Å². The van der Waals surface area contributed by atoms with Crippen LogP contribution in [0.2, 0.25) is 0 Å². The predicted octanol–water partition coefficient (Wildman–Crippen LogP) is 2.28. The third-order valence-electron chi connectivity index (χ3n) is 3.04. The van der Waals surface area contributed by atoms with Crippen LogP contribution in [0.25, 0.3) is 0 Å². The summed E-state index contributed by atoms with van der Waals surface area (Å²) in [5.74, 6) is 0. The summed E-state index contributed by atoms with van der Waals surface area (Å²) in [7, 11) is 0. The first-order valence-electron chi connectivity index (χ1n) is 5.23. The maximum atomic E-state index is 4.27. The largest absolute Gasteiger partial charge is 0.309 e. The second kappa shape index (κ2) is 3.35. The molecule has 1 aromatic heterocycles. The highest BCUT2D eigenvalue weighted by Gasteiger charge is 2.44. The zero-order valence-electron chi connectivity index (χ0n) is 9.17. The number of hydrogen-bond donors (Lipinski definition) is 1. The minimum absolute atomic E-state index is 0.512. The zero-order chi connectivity index (χ0) is 10.2. The summed E-state index contributed by atoms with van der Waals surface area (Å²) in [6, 6.07) is 4.91. The normalized spacial score (nSPS) is 23.5. The smallest absolute Gasteiger partial charge is 0.0372 e. The molecule has 1 aliphatic carbocycles. The Morgan fingerprint density at radius 2 is 2.21 bits per heavy atom. The van der Waals surface area contributed by atoms with Gasteiger partial charge >= 0.3 is 0 Å². The summed E-state index contributed by atoms with van der Waals surface area (Å²) in [5.41, 5.74) is 2.87. The van der Waals surface area contributed by atoms with Crippen molar-refractivity contribution in [2.75, 3.05) is 0 Å². The summed E-state index contributed by atoms with van der Waals surface area (Å²) in [6.07, 6.45) is 3.25. The number of nitrogens with zero attached hydrogens (tertiary/aromatic N) is 1. The molecule has 0 amide bonds. The number of nitrogens with one attached hydrogen (secondary N) is 1. The Balaban J connectivity index is 1.84. The number of hydrogen-bond acceptors (Lipinski definition) is 2. The van der Waals surface area contributed by atoms with Gasteiger partial charge in [-0.25, -0.2) is 0 Å². The van der Waals surface area contributed by atoms with Gasteiger partial charge in [-0.2, -0.15) is 0 Å². The lowest BCUT2D eigenvalue weighted by atomic mass is 10.2. The molecular formula is C12H18N2. The van der Waals surface area contributed by atoms with Crippen LogP contribution in [0.5, 0.6) is 0 Å². The lowest BCUT2D eigenvalue weighted by Gasteiger charge is -2.06. The summed E-state index contributed by atoms with van der Waals surface area (Å²) >= 11 is 0. The van der Waals surface area contributed by atoms with Crippen molar-refractivity contribution in [3.8, 4) is 0 Å². The van der Waals surface area contributed by atoms with Crippen molar-refractivity contribution in [1.29, 1.82) is 0 Å². The Kier molecular flexibility index (Phi) is 2.31. The van der Waals surface area contributed by atoms with E-state index < -0.39 is 0 Å². The number of aryl methyl sites for hydroxylation is 1. The van der Waals surface area contributed by atoms with Gasteiger partial charge < -0.3 is 5.32 Å². The lowest BCUT2D eigenvalue weighted by Crippen LogP contribution is -2.19. The van der Waals surface area contributed by atoms with Crippen LogP contribution in [0.3, 0.4) is 0 Å². The first kappa shape index (κ1) is 9.66. The molecular weight excluding hydrogens is 172 g/mol. The molecule has 2 heteroatoms. The van der Waals surface area contributed by atoms with Gasteiger partial charge in [0.1, 0.15) is 0 Å². The molecule has 1 N–H and O–H groups in total. The summed E-state index contributed by atoms with van der Waals surface area (Å²) in [6.45, 7) is 7.57. The second-order valence-electron chi connectivity index (χ2n) is 4.93. The molecule has 0 saturated heterocycles. The molecule has 0 spiro atoms. The highest BCUT2D eigenvalue weighted by Crippen LogP contribution is 2.44. The van der Waals surface area contributed by atoms with Crippen molar-refractivity contribution >= 4 is 0 Å². The van der Waals surface area contributed by atoms with Gasteiger partial charge in [0, 0.05) is 24.5 Å². The van der Waals surface area contributed by atoms with Crippen molar-refractivity contribution in [1.82, 2.24) is 10.3 Å². The molecule has 0 bridgehead atoms. The van der Waals surface area contributed by atoms with Crippen molar-refractivity contribution in [3.05, 3.63) is 29.6 Å². The summed E-state index contributed by atoms with van der Waals surface area (Å²) < 4.78 is 0. The van der Waals surface area contributed by atoms with E-state index >= 15 is 0 Å². The Morgan fingerprint density at radius 1 is 1.50 bits per heavy atom. The van der Waals surface area contributed by atoms with Crippen LogP contribution >= 0.6 is 0 Å². The molecule has 2 rings (SSSR count). The molecule has 76 valence electrons. The van der Waals surface area contributed by atoms with E-state index in [0.717, 1.165) is 12.2 Å². The number of rotatable bonds is 3. The van der Waals surface area contributed by atoms with Crippen LogP contribution in [0.15, 0.2) is 18.3 Å². The molecule has 1 unspecified atom stereocenters. The zero-order valence-corrected chi connectivity index (χ0v) is 9.17. The summed E-state index contributed by atoms with van der Waals surface area (Å²) in [4.78, 5) is 4.27. The van der Waals surface area contributed by atoms with Gasteiger partial charge in [-0.1, -0.05) is 19.9 Å². The van der Waals surface area contributed by atoms with Gasteiger partial charge in [0.2, 0.25) is 0 Å². The van der Waals surface area contributed by atoms with E-state index in [0.29, 0.717) is 11.5 Å². The van der Waals surface area contributed by atoms with Gasteiger partial charge in [-0.15, -0.1) is 0 Å². The van der Waals surface area contributed by atoms with Crippen LogP contribution in [-0.2, 0) is 6.54 Å². The maximum Gasteiger partial charge on any atom is 0.0372 e. The highest BCUT2D eigenvalue weighted by molar-refractivity contribution is 5.14. The molecule has 1 fully saturated rings. The second-order valence-corrected chi connectivity index (χ2v) is 4.93. The molecule has 14 heavy (non-hydrogen) atoms. The van der Waals surface area contributed by atoms with Gasteiger partial charge in [-0.3, -0.25) is 4.98 Å². The Labute approximate surface area is 85.7 Å². The van der Waals surface area contributed by atoms with E-state index in [1.54, 1.807) is 0 Å². The molecule has 0 aliphatic heterocycles. The van der Waals surface area contributed by atoms with Crippen LogP contribution < -0.4 is 5.32 Å². The quantitative estimate of drug-likeness (QED) is 0.791. The minimum atomic E-state index is 0.512. The van der Waals surface area contributed by atoms with Crippen LogP contribution in [-0.4, -0.2) is 11.0 Å². The fraction of sp³-hybridized carbons (Fsp3) is 0.583. The van der Waals surface area contributed by atoms with Crippen molar-refractivity contribution < 1.29 is 0 Å². The van der Waals surface area contributed by atoms with E-state index in [9.17, 15) is 0 Å². The van der Waals surface area contributed by atoms with Gasteiger partial charge in [0.15, 0.2) is 0 Å². The van der Waals surface area contributed by atoms with E-state index in [2.05, 4.69) is 36.3 Å². The average molecular weight is 190 g/mol. The summed E-state index contributed by atoms with van der Waals surface area (Å²) in [5, 5.41) is 3.54. The first-order chi connectivity index (χ1) is 6.58. The Hall–Kier alpha value is -0.890. The van der Waals surface area contributed by atoms with Crippen LogP contribution in [0, 0.1) is 12.3 Å². The monoisotopic (exact) mass is 190 g/mol. The van der Waals surface area contributed by atoms with Crippen LogP contribution in [0.4, 0.5) is 0 Å². The predicted molar refractivity (Wildman–Crippen MR) is 58.0 cm³/mol. The Bertz CT molecular complexity index is 314. The number of aromatic nitrogens is 1. The third-order valence-corrected chi connectivity index (χ3v) is 3.04. The molecule has 0 aromatic carbocycles. The molecule has 1 aromatic rings. The SMILES string of the molecule is Cc1ccc(CNC2CC2(C)C)cn1. The standard InChI is InChI=1S/C12H18N2/c1-9-4-5-10(7-13-9)8-14-11-6-12(11,2)3/h4-5,7,11,14H,6,8H2,1-3H3. The molecule has 2 nitrogen and oxygen atoms in total. The van der Waals surface area contributed by atoms with Crippen molar-refractivity contribution in [2.24, 2.45) is 5.41 Å². The maximum absolute atomic E-state index is 4.27. The van der Waals surface area contributed by atoms with Gasteiger partial charge in [0.25, 0.3) is 0 Å². The fourth-order valence-electron chi connectivity index (χ4n) is 1.66. The molecule has 1 saturated carbocycles. The molecule has 1 aliphatic rings. The molecule has 0 radical (unpaired) electrons. The van der Waals surface area contributed by atoms with Crippen molar-refractivity contribution in [2.45, 2.75) is 39.8 Å². The fourth-order valence-corrected chi connectivity index (χ4v) is 1.66. The molecule has 1 atom stereocenters. The van der Waals surface area contributed by atoms with Gasteiger partial charge in [0.05, 0.1) is 0 Å². The van der Waals surface area contributed by atoms with Crippen molar-refractivity contribution in [3.63, 3.8) is 0 Å². The lowest BCUT2D eigenvalue weighted by molar-refractivity contribution is 0.541. The average Bonchev–Trinajstić information content (AvgIpc) is 2.73. The topological polar surface area (TPSA) is 24.9 Å². The van der Waals surface area contributed by atoms with Gasteiger partial charge in [-0.05, 0) is 30.4 Å². The van der Waals surface area contributed by atoms with E-state index in [1.807, 2.05) is 13.1 Å². The minimum Gasteiger partial charge on any atom is -0.309 e. The highest BCUT2D eigenvalue weighted by atomic mass is 15.0. The number of pyridine rings is 1. The van der Waals surface area contributed by atoms with Crippen LogP contribution in [0.1, 0.15) is 31.5 Å². The first-order valence-corrected chi connectivity index (χ1v) is 5.23. The Morgan fingerprint density at radius 3 is 2.71 bits per heavy atom. The van der Waals surface area contributed by atoms with E-state index in [-0.39, 0.29) is 0 Å². The third kappa shape index (κ3) is 2.13.